The smallest absolute Gasteiger partial charge is 0.0455 e. The first-order valence-corrected chi connectivity index (χ1v) is 8.92. The molecule has 118 valence electrons. The van der Waals surface area contributed by atoms with E-state index in [9.17, 15) is 0 Å². The number of hydrogen-bond acceptors (Lipinski definition) is 1. The molecule has 1 saturated carbocycles. The van der Waals surface area contributed by atoms with E-state index < -0.39 is 0 Å². The van der Waals surface area contributed by atoms with Crippen LogP contribution in [-0.4, -0.2) is 6.54 Å². The highest BCUT2D eigenvalue weighted by molar-refractivity contribution is 6.33. The minimum Gasteiger partial charge on any atom is -0.310 e. The summed E-state index contributed by atoms with van der Waals surface area (Å²) in [7, 11) is 0. The molecule has 0 radical (unpaired) electrons. The molecule has 3 heteroatoms. The normalized spacial score (nSPS) is 19.1. The number of benzene rings is 1. The molecule has 21 heavy (non-hydrogen) atoms. The zero-order chi connectivity index (χ0) is 15.5. The monoisotopic (exact) mass is 327 g/mol. The molecule has 0 amide bonds. The van der Waals surface area contributed by atoms with Crippen LogP contribution in [0.25, 0.3) is 0 Å². The van der Waals surface area contributed by atoms with E-state index in [2.05, 4.69) is 32.2 Å². The SMILES string of the molecule is CCNC(c1cc(Cl)ccc1Cl)C1(CC(C)C)CCCC1. The Balaban J connectivity index is 2.42. The van der Waals surface area contributed by atoms with Gasteiger partial charge in [0, 0.05) is 16.1 Å². The van der Waals surface area contributed by atoms with Gasteiger partial charge >= 0.3 is 0 Å². The van der Waals surface area contributed by atoms with Gasteiger partial charge in [0.2, 0.25) is 0 Å². The van der Waals surface area contributed by atoms with Crippen molar-refractivity contribution in [3.8, 4) is 0 Å². The Morgan fingerprint density at radius 1 is 1.19 bits per heavy atom. The molecule has 1 fully saturated rings. The molecule has 0 heterocycles. The van der Waals surface area contributed by atoms with E-state index >= 15 is 0 Å². The van der Waals surface area contributed by atoms with E-state index in [1.165, 1.54) is 37.7 Å². The van der Waals surface area contributed by atoms with Gasteiger partial charge in [-0.3, -0.25) is 0 Å². The molecule has 0 spiro atoms. The van der Waals surface area contributed by atoms with Crippen LogP contribution in [0.1, 0.15) is 64.5 Å². The number of nitrogens with one attached hydrogen (secondary N) is 1. The van der Waals surface area contributed by atoms with Crippen molar-refractivity contribution in [1.82, 2.24) is 5.32 Å². The number of rotatable bonds is 6. The van der Waals surface area contributed by atoms with Crippen molar-refractivity contribution in [3.63, 3.8) is 0 Å². The quantitative estimate of drug-likeness (QED) is 0.651. The topological polar surface area (TPSA) is 12.0 Å². The maximum absolute atomic E-state index is 6.51. The van der Waals surface area contributed by atoms with Crippen LogP contribution in [0.4, 0.5) is 0 Å². The molecular formula is C18H27Cl2N. The summed E-state index contributed by atoms with van der Waals surface area (Å²) < 4.78 is 0. The first-order valence-electron chi connectivity index (χ1n) is 8.17. The largest absolute Gasteiger partial charge is 0.310 e. The van der Waals surface area contributed by atoms with Crippen molar-refractivity contribution < 1.29 is 0 Å². The van der Waals surface area contributed by atoms with Crippen LogP contribution >= 0.6 is 23.2 Å². The maximum Gasteiger partial charge on any atom is 0.0455 e. The van der Waals surface area contributed by atoms with E-state index in [-0.39, 0.29) is 0 Å². The first-order chi connectivity index (χ1) is 9.98. The van der Waals surface area contributed by atoms with Crippen LogP contribution in [0, 0.1) is 11.3 Å². The Kier molecular flexibility index (Phi) is 5.99. The predicted molar refractivity (Wildman–Crippen MR) is 93.2 cm³/mol. The lowest BCUT2D eigenvalue weighted by molar-refractivity contribution is 0.157. The molecule has 1 unspecified atom stereocenters. The molecule has 1 aliphatic carbocycles. The van der Waals surface area contributed by atoms with E-state index in [4.69, 9.17) is 23.2 Å². The maximum atomic E-state index is 6.51. The molecule has 0 aromatic heterocycles. The highest BCUT2D eigenvalue weighted by Gasteiger charge is 2.42. The standard InChI is InChI=1S/C18H27Cl2N/c1-4-21-17(15-11-14(19)7-8-16(15)20)18(12-13(2)3)9-5-6-10-18/h7-8,11,13,17,21H,4-6,9-10,12H2,1-3H3. The third kappa shape index (κ3) is 3.94. The van der Waals surface area contributed by atoms with Crippen LogP contribution in [0.5, 0.6) is 0 Å². The van der Waals surface area contributed by atoms with Crippen LogP contribution in [0.15, 0.2) is 18.2 Å². The van der Waals surface area contributed by atoms with Gasteiger partial charge in [-0.15, -0.1) is 0 Å². The second kappa shape index (κ2) is 7.35. The summed E-state index contributed by atoms with van der Waals surface area (Å²) >= 11 is 12.7. The summed E-state index contributed by atoms with van der Waals surface area (Å²) in [6.07, 6.45) is 6.46. The highest BCUT2D eigenvalue weighted by atomic mass is 35.5. The van der Waals surface area contributed by atoms with E-state index in [1.54, 1.807) is 0 Å². The summed E-state index contributed by atoms with van der Waals surface area (Å²) in [6.45, 7) is 7.77. The lowest BCUT2D eigenvalue weighted by Gasteiger charge is -2.40. The second-order valence-electron chi connectivity index (χ2n) is 6.82. The van der Waals surface area contributed by atoms with E-state index in [1.807, 2.05) is 12.1 Å². The fraction of sp³-hybridized carbons (Fsp3) is 0.667. The predicted octanol–water partition coefficient (Wildman–Crippen LogP) is 6.25. The van der Waals surface area contributed by atoms with Crippen molar-refractivity contribution in [3.05, 3.63) is 33.8 Å². The van der Waals surface area contributed by atoms with Gasteiger partial charge in [0.05, 0.1) is 0 Å². The van der Waals surface area contributed by atoms with Gasteiger partial charge < -0.3 is 5.32 Å². The van der Waals surface area contributed by atoms with Crippen LogP contribution in [0.3, 0.4) is 0 Å². The molecule has 1 aliphatic rings. The van der Waals surface area contributed by atoms with Gasteiger partial charge in [0.25, 0.3) is 0 Å². The minimum absolute atomic E-state index is 0.304. The summed E-state index contributed by atoms with van der Waals surface area (Å²) in [6, 6.07) is 6.16. The molecule has 0 bridgehead atoms. The van der Waals surface area contributed by atoms with Crippen molar-refractivity contribution in [2.45, 2.75) is 58.9 Å². The molecule has 1 N–H and O–H groups in total. The zero-order valence-electron chi connectivity index (χ0n) is 13.4. The summed E-state index contributed by atoms with van der Waals surface area (Å²) in [5.41, 5.74) is 1.49. The molecule has 0 saturated heterocycles. The van der Waals surface area contributed by atoms with Crippen LogP contribution in [0.2, 0.25) is 10.0 Å². The van der Waals surface area contributed by atoms with Crippen LogP contribution < -0.4 is 5.32 Å². The van der Waals surface area contributed by atoms with Gasteiger partial charge in [-0.1, -0.05) is 56.8 Å². The zero-order valence-corrected chi connectivity index (χ0v) is 14.9. The molecule has 0 aliphatic heterocycles. The average Bonchev–Trinajstić information content (AvgIpc) is 2.87. The second-order valence-corrected chi connectivity index (χ2v) is 7.67. The molecule has 1 nitrogen and oxygen atoms in total. The van der Waals surface area contributed by atoms with Gasteiger partial charge in [0.1, 0.15) is 0 Å². The Labute approximate surface area is 139 Å². The summed E-state index contributed by atoms with van der Waals surface area (Å²) in [5, 5.41) is 5.32. The Morgan fingerprint density at radius 2 is 1.86 bits per heavy atom. The highest BCUT2D eigenvalue weighted by Crippen LogP contribution is 2.52. The van der Waals surface area contributed by atoms with Gasteiger partial charge in [-0.25, -0.2) is 0 Å². The van der Waals surface area contributed by atoms with Gasteiger partial charge in [-0.2, -0.15) is 0 Å². The Hall–Kier alpha value is -0.240. The number of hydrogen-bond donors (Lipinski definition) is 1. The fourth-order valence-corrected chi connectivity index (χ4v) is 4.51. The number of halogens is 2. The van der Waals surface area contributed by atoms with E-state index in [0.717, 1.165) is 16.6 Å². The van der Waals surface area contributed by atoms with Crippen LogP contribution in [-0.2, 0) is 0 Å². The molecule has 1 atom stereocenters. The first kappa shape index (κ1) is 17.1. The Bertz CT molecular complexity index is 464. The van der Waals surface area contributed by atoms with Gasteiger partial charge in [0.15, 0.2) is 0 Å². The van der Waals surface area contributed by atoms with E-state index in [0.29, 0.717) is 17.4 Å². The van der Waals surface area contributed by atoms with Gasteiger partial charge in [-0.05, 0) is 60.9 Å². The summed E-state index contributed by atoms with van der Waals surface area (Å²) in [4.78, 5) is 0. The lowest BCUT2D eigenvalue weighted by atomic mass is 9.70. The van der Waals surface area contributed by atoms with Crippen molar-refractivity contribution >= 4 is 23.2 Å². The average molecular weight is 328 g/mol. The van der Waals surface area contributed by atoms with Crippen molar-refractivity contribution in [2.24, 2.45) is 11.3 Å². The molecule has 2 rings (SSSR count). The lowest BCUT2D eigenvalue weighted by Crippen LogP contribution is -2.37. The molecule has 1 aromatic rings. The van der Waals surface area contributed by atoms with Crippen molar-refractivity contribution in [2.75, 3.05) is 6.54 Å². The molecule has 1 aromatic carbocycles. The summed E-state index contributed by atoms with van der Waals surface area (Å²) in [5.74, 6) is 0.696. The Morgan fingerprint density at radius 3 is 2.43 bits per heavy atom. The fourth-order valence-electron chi connectivity index (χ4n) is 4.10. The minimum atomic E-state index is 0.304. The van der Waals surface area contributed by atoms with Crippen molar-refractivity contribution in [1.29, 1.82) is 0 Å². The molecular weight excluding hydrogens is 301 g/mol. The third-order valence-electron chi connectivity index (χ3n) is 4.70. The third-order valence-corrected chi connectivity index (χ3v) is 5.28.